The Hall–Kier alpha value is -3.67. The van der Waals surface area contributed by atoms with Crippen LogP contribution in [0.25, 0.3) is 21.5 Å². The molecule has 1 N–H and O–H groups in total. The van der Waals surface area contributed by atoms with Gasteiger partial charge in [-0.2, -0.15) is 18.2 Å². The Kier molecular flexibility index (Phi) is 9.63. The highest BCUT2D eigenvalue weighted by Gasteiger charge is 2.39. The number of ether oxygens (including phenoxy) is 1. The molecule has 4 heterocycles. The maximum absolute atomic E-state index is 15.1. The summed E-state index contributed by atoms with van der Waals surface area (Å²) in [6.07, 6.45) is -4.49. The summed E-state index contributed by atoms with van der Waals surface area (Å²) < 4.78 is 78.0. The van der Waals surface area contributed by atoms with Crippen molar-refractivity contribution in [2.75, 3.05) is 6.54 Å². The molecular formula is C26H23ClF5N5O5S2. The van der Waals surface area contributed by atoms with Crippen LogP contribution in [0.5, 0.6) is 0 Å². The Balaban J connectivity index is 0.00000442. The van der Waals surface area contributed by atoms with Crippen molar-refractivity contribution in [2.45, 2.75) is 38.2 Å². The maximum atomic E-state index is 15.1. The molecular weight excluding hydrogens is 657 g/mol. The second kappa shape index (κ2) is 12.7. The van der Waals surface area contributed by atoms with Gasteiger partial charge in [-0.1, -0.05) is 0 Å². The third-order valence-electron chi connectivity index (χ3n) is 6.94. The van der Waals surface area contributed by atoms with E-state index in [9.17, 15) is 36.7 Å². The Morgan fingerprint density at radius 2 is 1.84 bits per heavy atom. The molecule has 1 aliphatic heterocycles. The van der Waals surface area contributed by atoms with E-state index in [-0.39, 0.29) is 34.7 Å². The molecule has 236 valence electrons. The number of fused-ring (bicyclic) bond motifs is 1. The number of aryl methyl sites for hydroxylation is 1. The van der Waals surface area contributed by atoms with Gasteiger partial charge in [0.2, 0.25) is 0 Å². The predicted octanol–water partition coefficient (Wildman–Crippen LogP) is 3.47. The summed E-state index contributed by atoms with van der Waals surface area (Å²) in [7, 11) is 2.78. The number of nitrogens with zero attached hydrogens (tertiary/aromatic N) is 4. The zero-order valence-corrected chi connectivity index (χ0v) is 25.3. The quantitative estimate of drug-likeness (QED) is 0.247. The lowest BCUT2D eigenvalue weighted by molar-refractivity contribution is -0.149. The van der Waals surface area contributed by atoms with Gasteiger partial charge < -0.3 is 10.1 Å². The monoisotopic (exact) mass is 679 g/mol. The molecule has 18 heteroatoms. The van der Waals surface area contributed by atoms with Crippen LogP contribution in [0.4, 0.5) is 22.0 Å². The highest BCUT2D eigenvalue weighted by molar-refractivity contribution is 7.17. The number of thiophene rings is 1. The van der Waals surface area contributed by atoms with Crippen LogP contribution in [-0.2, 0) is 47.7 Å². The molecule has 0 unspecified atom stereocenters. The van der Waals surface area contributed by atoms with E-state index in [0.717, 1.165) is 44.3 Å². The second-order valence-corrected chi connectivity index (χ2v) is 11.4. The number of carbonyl (C=O) groups is 2. The number of esters is 1. The van der Waals surface area contributed by atoms with Gasteiger partial charge in [0.15, 0.2) is 11.5 Å². The largest absolute Gasteiger partial charge is 0.443 e. The number of halogens is 6. The van der Waals surface area contributed by atoms with Gasteiger partial charge >= 0.3 is 17.8 Å². The Bertz CT molecular complexity index is 1950. The van der Waals surface area contributed by atoms with Gasteiger partial charge in [0.25, 0.3) is 11.5 Å². The minimum absolute atomic E-state index is 0. The first-order valence-electron chi connectivity index (χ1n) is 12.7. The fraction of sp³-hybridized carbons (Fsp3) is 0.346. The number of benzene rings is 1. The van der Waals surface area contributed by atoms with Gasteiger partial charge in [-0.15, -0.1) is 35.1 Å². The van der Waals surface area contributed by atoms with Gasteiger partial charge in [-0.05, 0) is 42.5 Å². The van der Waals surface area contributed by atoms with Gasteiger partial charge in [0.05, 0.1) is 17.5 Å². The molecule has 3 aromatic heterocycles. The molecule has 5 rings (SSSR count). The lowest BCUT2D eigenvalue weighted by atomic mass is 10.1. The van der Waals surface area contributed by atoms with Crippen LogP contribution in [0.3, 0.4) is 0 Å². The number of hydrogen-bond acceptors (Lipinski definition) is 8. The molecule has 1 saturated heterocycles. The molecule has 0 spiro atoms. The maximum Gasteiger partial charge on any atom is 0.422 e. The van der Waals surface area contributed by atoms with Crippen LogP contribution in [0.2, 0.25) is 0 Å². The molecule has 1 atom stereocenters. The SMILES string of the molecule is Cl.Cn1c(=O)c2c(CC(=O)N=c3scc(-c4ccc(F)c(C(F)(F)F)c4F)n3COC(=O)[C@@H]3CCCN3)csc2n(C)c1=O. The highest BCUT2D eigenvalue weighted by atomic mass is 35.5. The third-order valence-corrected chi connectivity index (χ3v) is 8.90. The van der Waals surface area contributed by atoms with E-state index in [1.54, 1.807) is 0 Å². The molecule has 10 nitrogen and oxygen atoms in total. The molecule has 1 fully saturated rings. The van der Waals surface area contributed by atoms with Gasteiger partial charge in [-0.3, -0.25) is 28.1 Å². The van der Waals surface area contributed by atoms with E-state index < -0.39 is 64.8 Å². The fourth-order valence-electron chi connectivity index (χ4n) is 4.75. The summed E-state index contributed by atoms with van der Waals surface area (Å²) in [4.78, 5) is 54.9. The summed E-state index contributed by atoms with van der Waals surface area (Å²) in [6, 6.07) is 0.659. The standard InChI is InChI=1S/C26H22F5N5O5S2.ClH/c1-34-21(38)18-12(9-42-22(18)35(2)25(34)40)8-17(37)33-24-36(11-41-23(39)15-4-3-7-32-15)16(10-43-24)13-5-6-14(27)19(20(13)28)26(29,30)31;/h5-6,9-10,15,32H,3-4,7-8,11H2,1-2H3;1H/t15-;/m0./s1. The minimum atomic E-state index is -5.33. The molecule has 0 bridgehead atoms. The molecule has 1 aromatic carbocycles. The third kappa shape index (κ3) is 6.13. The number of rotatable bonds is 6. The van der Waals surface area contributed by atoms with Crippen molar-refractivity contribution in [1.82, 2.24) is 19.0 Å². The van der Waals surface area contributed by atoms with Crippen molar-refractivity contribution < 1.29 is 36.3 Å². The molecule has 0 radical (unpaired) electrons. The van der Waals surface area contributed by atoms with Crippen LogP contribution >= 0.6 is 35.1 Å². The molecule has 0 saturated carbocycles. The molecule has 4 aromatic rings. The number of alkyl halides is 3. The second-order valence-electron chi connectivity index (χ2n) is 9.68. The average Bonchev–Trinajstić information content (AvgIpc) is 3.70. The summed E-state index contributed by atoms with van der Waals surface area (Å²) in [6.45, 7) is -0.0502. The van der Waals surface area contributed by atoms with Gasteiger partial charge in [-0.25, -0.2) is 13.6 Å². The van der Waals surface area contributed by atoms with Crippen LogP contribution in [-0.4, -0.2) is 38.2 Å². The smallest absolute Gasteiger partial charge is 0.422 e. The van der Waals surface area contributed by atoms with Crippen molar-refractivity contribution in [2.24, 2.45) is 19.1 Å². The van der Waals surface area contributed by atoms with Crippen molar-refractivity contribution in [3.05, 3.63) is 71.3 Å². The summed E-state index contributed by atoms with van der Waals surface area (Å²) in [5.74, 6) is -5.13. The Morgan fingerprint density at radius 1 is 1.11 bits per heavy atom. The fourth-order valence-corrected chi connectivity index (χ4v) is 6.68. The molecule has 44 heavy (non-hydrogen) atoms. The van der Waals surface area contributed by atoms with Crippen LogP contribution in [0.15, 0.2) is 37.5 Å². The summed E-state index contributed by atoms with van der Waals surface area (Å²) >= 11 is 1.84. The molecule has 1 aliphatic rings. The Morgan fingerprint density at radius 3 is 2.50 bits per heavy atom. The van der Waals surface area contributed by atoms with Gasteiger partial charge in [0, 0.05) is 25.0 Å². The van der Waals surface area contributed by atoms with Gasteiger partial charge in [0.1, 0.15) is 28.1 Å². The number of amides is 1. The van der Waals surface area contributed by atoms with E-state index in [0.29, 0.717) is 29.4 Å². The number of carbonyl (C=O) groups excluding carboxylic acids is 2. The molecule has 0 aliphatic carbocycles. The van der Waals surface area contributed by atoms with E-state index in [1.807, 2.05) is 0 Å². The minimum Gasteiger partial charge on any atom is -0.443 e. The number of thiazole rings is 1. The first-order chi connectivity index (χ1) is 20.3. The normalized spacial score (nSPS) is 15.5. The lowest BCUT2D eigenvalue weighted by Gasteiger charge is -2.15. The van der Waals surface area contributed by atoms with E-state index in [1.165, 1.54) is 29.4 Å². The van der Waals surface area contributed by atoms with Crippen molar-refractivity contribution in [3.8, 4) is 11.3 Å². The van der Waals surface area contributed by atoms with Crippen molar-refractivity contribution in [3.63, 3.8) is 0 Å². The van der Waals surface area contributed by atoms with Crippen LogP contribution in [0, 0.1) is 11.6 Å². The van der Waals surface area contributed by atoms with E-state index in [4.69, 9.17) is 4.74 Å². The summed E-state index contributed by atoms with van der Waals surface area (Å²) in [5, 5.41) is 5.84. The number of nitrogens with one attached hydrogen (secondary N) is 1. The molecule has 1 amide bonds. The van der Waals surface area contributed by atoms with E-state index in [2.05, 4.69) is 10.3 Å². The zero-order chi connectivity index (χ0) is 31.2. The van der Waals surface area contributed by atoms with Crippen molar-refractivity contribution in [1.29, 1.82) is 0 Å². The van der Waals surface area contributed by atoms with Crippen LogP contribution < -0.4 is 21.4 Å². The highest BCUT2D eigenvalue weighted by Crippen LogP contribution is 2.37. The lowest BCUT2D eigenvalue weighted by Crippen LogP contribution is -2.36. The Labute approximate surface area is 258 Å². The van der Waals surface area contributed by atoms with Crippen LogP contribution in [0.1, 0.15) is 24.0 Å². The predicted molar refractivity (Wildman–Crippen MR) is 154 cm³/mol. The average molecular weight is 680 g/mol. The topological polar surface area (TPSA) is 117 Å². The van der Waals surface area contributed by atoms with E-state index >= 15 is 4.39 Å². The summed E-state index contributed by atoms with van der Waals surface area (Å²) in [5.41, 5.74) is -3.83. The first kappa shape index (κ1) is 33.2. The zero-order valence-electron chi connectivity index (χ0n) is 22.9. The first-order valence-corrected chi connectivity index (χ1v) is 14.4. The van der Waals surface area contributed by atoms with Crippen molar-refractivity contribution >= 4 is 57.2 Å². The number of hydrogen-bond donors (Lipinski definition) is 1. The number of aromatic nitrogens is 3.